The number of nitrogens with zero attached hydrogens (tertiary/aromatic N) is 4. The average molecular weight is 503 g/mol. The van der Waals surface area contributed by atoms with Crippen molar-refractivity contribution in [1.29, 1.82) is 0 Å². The molecule has 3 aromatic heterocycles. The minimum absolute atomic E-state index is 0.157. The van der Waals surface area contributed by atoms with E-state index in [1.54, 1.807) is 23.0 Å². The number of hydrogen-bond acceptors (Lipinski definition) is 5. The Labute approximate surface area is 210 Å². The first-order valence-corrected chi connectivity index (χ1v) is 15.9. The van der Waals surface area contributed by atoms with Gasteiger partial charge >= 0.3 is 5.97 Å². The van der Waals surface area contributed by atoms with Crippen molar-refractivity contribution in [3.63, 3.8) is 0 Å². The number of benzene rings is 1. The van der Waals surface area contributed by atoms with Crippen LogP contribution in [0.4, 0.5) is 0 Å². The van der Waals surface area contributed by atoms with E-state index >= 15 is 0 Å². The van der Waals surface area contributed by atoms with Crippen LogP contribution in [-0.2, 0) is 16.3 Å². The van der Waals surface area contributed by atoms with E-state index in [0.717, 1.165) is 40.3 Å². The third-order valence-electron chi connectivity index (χ3n) is 6.57. The molecule has 0 amide bonds. The van der Waals surface area contributed by atoms with Crippen LogP contribution in [0, 0.1) is 0 Å². The molecule has 0 atom stereocenters. The smallest absolute Gasteiger partial charge is 0.337 e. The number of aromatic carboxylic acids is 1. The van der Waals surface area contributed by atoms with Crippen LogP contribution in [0.2, 0.25) is 25.7 Å². The SMILES string of the molecule is C[Si](C)(C)CCOCn1ccc2cc3c(cnn3-c3cc(C4=CCC(=O)CC4)ccc3C(=O)O)nc21. The van der Waals surface area contributed by atoms with Crippen LogP contribution in [0.5, 0.6) is 0 Å². The highest BCUT2D eigenvalue weighted by atomic mass is 28.3. The fourth-order valence-electron chi connectivity index (χ4n) is 4.46. The number of ether oxygens (including phenoxy) is 1. The molecule has 0 unspecified atom stereocenters. The first-order valence-electron chi connectivity index (χ1n) is 12.2. The summed E-state index contributed by atoms with van der Waals surface area (Å²) in [6, 6.07) is 10.3. The van der Waals surface area contributed by atoms with Gasteiger partial charge in [-0.2, -0.15) is 5.10 Å². The predicted octanol–water partition coefficient (Wildman–Crippen LogP) is 5.52. The molecule has 1 aliphatic rings. The molecule has 0 aliphatic heterocycles. The largest absolute Gasteiger partial charge is 0.478 e. The summed E-state index contributed by atoms with van der Waals surface area (Å²) in [5.41, 5.74) is 4.80. The molecule has 0 saturated heterocycles. The van der Waals surface area contributed by atoms with Gasteiger partial charge in [0.05, 0.1) is 23.0 Å². The van der Waals surface area contributed by atoms with Gasteiger partial charge in [-0.25, -0.2) is 14.5 Å². The van der Waals surface area contributed by atoms with Crippen molar-refractivity contribution in [2.24, 2.45) is 0 Å². The zero-order chi connectivity index (χ0) is 25.4. The number of carbonyl (C=O) groups is 2. The Balaban J connectivity index is 1.50. The summed E-state index contributed by atoms with van der Waals surface area (Å²) in [5.74, 6) is -0.800. The Bertz CT molecular complexity index is 1510. The van der Waals surface area contributed by atoms with E-state index in [4.69, 9.17) is 9.72 Å². The van der Waals surface area contributed by atoms with Crippen molar-refractivity contribution in [2.75, 3.05) is 6.61 Å². The molecule has 3 heterocycles. The van der Waals surface area contributed by atoms with Crippen molar-refractivity contribution < 1.29 is 19.4 Å². The van der Waals surface area contributed by atoms with Crippen molar-refractivity contribution in [3.05, 3.63) is 59.9 Å². The van der Waals surface area contributed by atoms with Gasteiger partial charge in [0, 0.05) is 39.1 Å². The lowest BCUT2D eigenvalue weighted by atomic mass is 9.92. The van der Waals surface area contributed by atoms with Crippen LogP contribution < -0.4 is 0 Å². The minimum atomic E-state index is -1.15. The molecule has 0 radical (unpaired) electrons. The van der Waals surface area contributed by atoms with E-state index in [1.807, 2.05) is 35.0 Å². The molecular formula is C27H30N4O4Si. The summed E-state index contributed by atoms with van der Waals surface area (Å²) < 4.78 is 9.54. The lowest BCUT2D eigenvalue weighted by molar-refractivity contribution is -0.118. The second-order valence-corrected chi connectivity index (χ2v) is 16.1. The Morgan fingerprint density at radius 2 is 2.00 bits per heavy atom. The number of ketones is 1. The third-order valence-corrected chi connectivity index (χ3v) is 8.28. The molecule has 1 aliphatic carbocycles. The molecule has 5 rings (SSSR count). The summed E-state index contributed by atoms with van der Waals surface area (Å²) in [5, 5.41) is 15.3. The molecule has 4 aromatic rings. The first-order chi connectivity index (χ1) is 17.2. The molecule has 0 spiro atoms. The topological polar surface area (TPSA) is 99.2 Å². The monoisotopic (exact) mass is 502 g/mol. The van der Waals surface area contributed by atoms with Gasteiger partial charge < -0.3 is 14.4 Å². The number of rotatable bonds is 8. The predicted molar refractivity (Wildman–Crippen MR) is 142 cm³/mol. The maximum atomic E-state index is 12.1. The molecule has 8 nitrogen and oxygen atoms in total. The van der Waals surface area contributed by atoms with Crippen molar-refractivity contribution in [2.45, 2.75) is 51.7 Å². The van der Waals surface area contributed by atoms with Crippen LogP contribution in [0.1, 0.15) is 35.2 Å². The summed E-state index contributed by atoms with van der Waals surface area (Å²) in [7, 11) is -1.15. The molecule has 0 saturated carbocycles. The van der Waals surface area contributed by atoms with Gasteiger partial charge in [-0.3, -0.25) is 4.79 Å². The number of fused-ring (bicyclic) bond motifs is 2. The molecule has 1 N–H and O–H groups in total. The molecule has 1 aromatic carbocycles. The number of carboxylic acids is 1. The van der Waals surface area contributed by atoms with Gasteiger partial charge in [-0.1, -0.05) is 31.8 Å². The molecular weight excluding hydrogens is 472 g/mol. The zero-order valence-corrected chi connectivity index (χ0v) is 21.8. The Kier molecular flexibility index (Phi) is 6.36. The normalized spacial score (nSPS) is 14.5. The Morgan fingerprint density at radius 1 is 1.17 bits per heavy atom. The summed E-state index contributed by atoms with van der Waals surface area (Å²) in [6.45, 7) is 8.15. The summed E-state index contributed by atoms with van der Waals surface area (Å²) in [4.78, 5) is 28.5. The maximum absolute atomic E-state index is 12.1. The Hall–Kier alpha value is -3.56. The van der Waals surface area contributed by atoms with Gasteiger partial charge in [0.1, 0.15) is 23.7 Å². The van der Waals surface area contributed by atoms with Gasteiger partial charge in [-0.05, 0) is 47.9 Å². The quantitative estimate of drug-likeness (QED) is 0.251. The molecule has 186 valence electrons. The van der Waals surface area contributed by atoms with Gasteiger partial charge in [0.2, 0.25) is 0 Å². The highest BCUT2D eigenvalue weighted by Gasteiger charge is 2.19. The van der Waals surface area contributed by atoms with Crippen LogP contribution in [0.3, 0.4) is 0 Å². The molecule has 0 fully saturated rings. The van der Waals surface area contributed by atoms with Gasteiger partial charge in [0.25, 0.3) is 0 Å². The van der Waals surface area contributed by atoms with Crippen LogP contribution in [-0.4, -0.2) is 50.9 Å². The van der Waals surface area contributed by atoms with Crippen molar-refractivity contribution >= 4 is 47.5 Å². The fourth-order valence-corrected chi connectivity index (χ4v) is 5.21. The molecule has 36 heavy (non-hydrogen) atoms. The van der Waals surface area contributed by atoms with Crippen LogP contribution in [0.25, 0.3) is 33.3 Å². The number of allylic oxidation sites excluding steroid dienone is 2. The van der Waals surface area contributed by atoms with Gasteiger partial charge in [0.15, 0.2) is 0 Å². The number of carboxylic acid groups (broad SMARTS) is 1. The minimum Gasteiger partial charge on any atom is -0.478 e. The first kappa shape index (κ1) is 24.1. The highest BCUT2D eigenvalue weighted by molar-refractivity contribution is 6.76. The van der Waals surface area contributed by atoms with Crippen molar-refractivity contribution in [1.82, 2.24) is 19.3 Å². The van der Waals surface area contributed by atoms with Crippen LogP contribution in [0.15, 0.2) is 48.8 Å². The number of pyridine rings is 1. The highest BCUT2D eigenvalue weighted by Crippen LogP contribution is 2.30. The summed E-state index contributed by atoms with van der Waals surface area (Å²) in [6.07, 6.45) is 7.13. The Morgan fingerprint density at radius 3 is 2.72 bits per heavy atom. The van der Waals surface area contributed by atoms with E-state index in [2.05, 4.69) is 24.7 Å². The number of carbonyl (C=O) groups excluding carboxylic acids is 1. The van der Waals surface area contributed by atoms with E-state index in [-0.39, 0.29) is 11.3 Å². The van der Waals surface area contributed by atoms with E-state index in [0.29, 0.717) is 37.2 Å². The number of Topliss-reactive ketones (excluding diaryl/α,β-unsaturated/α-hetero) is 1. The standard InChI is InChI=1S/C27H30N4O4Si/c1-36(2,3)13-12-35-17-30-11-10-20-15-25-23(29-26(20)30)16-28-31(25)24-14-19(6-9-22(24)27(33)34)18-4-7-21(32)8-5-18/h4,6,9-11,14-16H,5,7-8,12-13,17H2,1-3H3,(H,33,34). The second kappa shape index (κ2) is 9.48. The van der Waals surface area contributed by atoms with Crippen molar-refractivity contribution in [3.8, 4) is 5.69 Å². The molecule has 9 heteroatoms. The summed E-state index contributed by atoms with van der Waals surface area (Å²) >= 11 is 0. The van der Waals surface area contributed by atoms with E-state index < -0.39 is 14.0 Å². The maximum Gasteiger partial charge on any atom is 0.337 e. The molecule has 0 bridgehead atoms. The number of hydrogen-bond donors (Lipinski definition) is 1. The van der Waals surface area contributed by atoms with E-state index in [1.165, 1.54) is 0 Å². The lowest BCUT2D eigenvalue weighted by Crippen LogP contribution is -2.22. The van der Waals surface area contributed by atoms with Crippen LogP contribution >= 0.6 is 0 Å². The third kappa shape index (κ3) is 4.89. The van der Waals surface area contributed by atoms with E-state index in [9.17, 15) is 14.7 Å². The number of aromatic nitrogens is 4. The zero-order valence-electron chi connectivity index (χ0n) is 20.8. The fraction of sp³-hybridized carbons (Fsp3) is 0.333. The lowest BCUT2D eigenvalue weighted by Gasteiger charge is -2.16. The van der Waals surface area contributed by atoms with Gasteiger partial charge in [-0.15, -0.1) is 0 Å². The average Bonchev–Trinajstić information content (AvgIpc) is 3.43. The second-order valence-electron chi connectivity index (χ2n) is 10.5.